The van der Waals surface area contributed by atoms with Crippen molar-refractivity contribution >= 4 is 11.6 Å². The van der Waals surface area contributed by atoms with Crippen LogP contribution in [-0.4, -0.2) is 11.9 Å². The van der Waals surface area contributed by atoms with Crippen LogP contribution in [0.25, 0.3) is 0 Å². The van der Waals surface area contributed by atoms with Crippen LogP contribution in [-0.2, 0) is 4.79 Å². The normalized spacial score (nSPS) is 15.8. The highest BCUT2D eigenvalue weighted by molar-refractivity contribution is 5.94. The maximum absolute atomic E-state index is 13.5. The van der Waals surface area contributed by atoms with Gasteiger partial charge in [0.2, 0.25) is 5.91 Å². The Labute approximate surface area is 105 Å². The number of benzene rings is 1. The van der Waals surface area contributed by atoms with E-state index in [4.69, 9.17) is 11.0 Å². The number of nitrogens with zero attached hydrogens (tertiary/aromatic N) is 1. The average molecular weight is 247 g/mol. The third-order valence-electron chi connectivity index (χ3n) is 2.98. The van der Waals surface area contributed by atoms with Gasteiger partial charge in [-0.25, -0.2) is 4.39 Å². The minimum absolute atomic E-state index is 0.0604. The molecule has 4 nitrogen and oxygen atoms in total. The molecule has 1 aromatic rings. The van der Waals surface area contributed by atoms with Crippen LogP contribution >= 0.6 is 0 Å². The first-order valence-electron chi connectivity index (χ1n) is 5.86. The molecule has 5 heteroatoms. The SMILES string of the molecule is N#Cc1ccc(NC(=O)[C@@H](N)CC2CC2)c(F)c1. The number of carbonyl (C=O) groups excluding carboxylic acids is 1. The second kappa shape index (κ2) is 5.15. The van der Waals surface area contributed by atoms with Gasteiger partial charge in [0.05, 0.1) is 23.4 Å². The van der Waals surface area contributed by atoms with Gasteiger partial charge in [-0.1, -0.05) is 12.8 Å². The Hall–Kier alpha value is -1.93. The summed E-state index contributed by atoms with van der Waals surface area (Å²) in [6.07, 6.45) is 2.88. The van der Waals surface area contributed by atoms with Crippen LogP contribution in [0.2, 0.25) is 0 Å². The summed E-state index contributed by atoms with van der Waals surface area (Å²) in [6.45, 7) is 0. The number of nitrogens with two attached hydrogens (primary N) is 1. The number of hydrogen-bond acceptors (Lipinski definition) is 3. The molecule has 2 rings (SSSR count). The second-order valence-electron chi connectivity index (χ2n) is 4.58. The van der Waals surface area contributed by atoms with Crippen molar-refractivity contribution < 1.29 is 9.18 Å². The van der Waals surface area contributed by atoms with Gasteiger partial charge in [0.15, 0.2) is 0 Å². The number of hydrogen-bond donors (Lipinski definition) is 2. The number of amides is 1. The summed E-state index contributed by atoms with van der Waals surface area (Å²) < 4.78 is 13.5. The standard InChI is InChI=1S/C13H14FN3O/c14-10-5-9(7-15)3-4-12(10)17-13(18)11(16)6-8-1-2-8/h3-5,8,11H,1-2,6,16H2,(H,17,18)/t11-/m0/s1. The van der Waals surface area contributed by atoms with Crippen molar-refractivity contribution in [3.05, 3.63) is 29.6 Å². The van der Waals surface area contributed by atoms with Crippen LogP contribution in [0.4, 0.5) is 10.1 Å². The van der Waals surface area contributed by atoms with Crippen molar-refractivity contribution in [1.82, 2.24) is 0 Å². The first kappa shape index (κ1) is 12.5. The molecule has 0 unspecified atom stereocenters. The first-order chi connectivity index (χ1) is 8.60. The molecule has 0 bridgehead atoms. The Morgan fingerprint density at radius 1 is 1.61 bits per heavy atom. The van der Waals surface area contributed by atoms with E-state index < -0.39 is 11.9 Å². The maximum Gasteiger partial charge on any atom is 0.241 e. The lowest BCUT2D eigenvalue weighted by molar-refractivity contribution is -0.117. The lowest BCUT2D eigenvalue weighted by Gasteiger charge is -2.12. The van der Waals surface area contributed by atoms with Gasteiger partial charge in [-0.2, -0.15) is 5.26 Å². The van der Waals surface area contributed by atoms with E-state index in [0.29, 0.717) is 12.3 Å². The molecule has 0 aliphatic heterocycles. The van der Waals surface area contributed by atoms with E-state index in [9.17, 15) is 9.18 Å². The van der Waals surface area contributed by atoms with Crippen molar-refractivity contribution in [3.63, 3.8) is 0 Å². The van der Waals surface area contributed by atoms with Crippen molar-refractivity contribution in [2.24, 2.45) is 11.7 Å². The molecule has 1 aromatic carbocycles. The average Bonchev–Trinajstić information content (AvgIpc) is 3.15. The van der Waals surface area contributed by atoms with Crippen molar-refractivity contribution in [2.45, 2.75) is 25.3 Å². The van der Waals surface area contributed by atoms with Crippen LogP contribution in [0.5, 0.6) is 0 Å². The predicted molar refractivity (Wildman–Crippen MR) is 65.1 cm³/mol. The Kier molecular flexibility index (Phi) is 3.58. The fraction of sp³-hybridized carbons (Fsp3) is 0.385. The van der Waals surface area contributed by atoms with Crippen LogP contribution in [0.15, 0.2) is 18.2 Å². The van der Waals surface area contributed by atoms with Gasteiger partial charge >= 0.3 is 0 Å². The lowest BCUT2D eigenvalue weighted by atomic mass is 10.1. The molecule has 0 heterocycles. The molecule has 0 saturated heterocycles. The number of nitrogens with one attached hydrogen (secondary N) is 1. The first-order valence-corrected chi connectivity index (χ1v) is 5.86. The second-order valence-corrected chi connectivity index (χ2v) is 4.58. The van der Waals surface area contributed by atoms with Gasteiger partial charge in [-0.15, -0.1) is 0 Å². The third-order valence-corrected chi connectivity index (χ3v) is 2.98. The number of nitriles is 1. The van der Waals surface area contributed by atoms with Crippen molar-refractivity contribution in [1.29, 1.82) is 5.26 Å². The summed E-state index contributed by atoms with van der Waals surface area (Å²) in [6, 6.07) is 5.13. The molecule has 1 saturated carbocycles. The quantitative estimate of drug-likeness (QED) is 0.850. The maximum atomic E-state index is 13.5. The minimum Gasteiger partial charge on any atom is -0.322 e. The summed E-state index contributed by atoms with van der Waals surface area (Å²) in [7, 11) is 0. The van der Waals surface area contributed by atoms with E-state index in [1.807, 2.05) is 6.07 Å². The highest BCUT2D eigenvalue weighted by Gasteiger charge is 2.27. The van der Waals surface area contributed by atoms with Crippen LogP contribution in [0.3, 0.4) is 0 Å². The van der Waals surface area contributed by atoms with E-state index in [2.05, 4.69) is 5.32 Å². The Morgan fingerprint density at radius 3 is 2.89 bits per heavy atom. The number of anilines is 1. The van der Waals surface area contributed by atoms with Gasteiger partial charge in [0, 0.05) is 0 Å². The zero-order valence-corrected chi connectivity index (χ0v) is 9.82. The van der Waals surface area contributed by atoms with E-state index in [1.54, 1.807) is 0 Å². The Balaban J connectivity index is 1.99. The minimum atomic E-state index is -0.624. The fourth-order valence-corrected chi connectivity index (χ4v) is 1.73. The van der Waals surface area contributed by atoms with Crippen molar-refractivity contribution in [2.75, 3.05) is 5.32 Å². The van der Waals surface area contributed by atoms with Gasteiger partial charge in [-0.3, -0.25) is 4.79 Å². The molecule has 0 spiro atoms. The van der Waals surface area contributed by atoms with Crippen LogP contribution in [0.1, 0.15) is 24.8 Å². The third kappa shape index (κ3) is 3.05. The highest BCUT2D eigenvalue weighted by atomic mass is 19.1. The van der Waals surface area contributed by atoms with Gasteiger partial charge in [0.1, 0.15) is 5.82 Å². The molecule has 0 aromatic heterocycles. The van der Waals surface area contributed by atoms with E-state index in [-0.39, 0.29) is 17.2 Å². The Bertz CT molecular complexity index is 505. The monoisotopic (exact) mass is 247 g/mol. The van der Waals surface area contributed by atoms with E-state index in [1.165, 1.54) is 12.1 Å². The summed E-state index contributed by atoms with van der Waals surface area (Å²) in [5.74, 6) is -0.469. The molecule has 1 atom stereocenters. The molecule has 94 valence electrons. The molecule has 1 amide bonds. The van der Waals surface area contributed by atoms with Gasteiger partial charge in [0.25, 0.3) is 0 Å². The fourth-order valence-electron chi connectivity index (χ4n) is 1.73. The molecule has 3 N–H and O–H groups in total. The molecular weight excluding hydrogens is 233 g/mol. The zero-order valence-electron chi connectivity index (χ0n) is 9.82. The molecule has 0 radical (unpaired) electrons. The van der Waals surface area contributed by atoms with E-state index >= 15 is 0 Å². The van der Waals surface area contributed by atoms with E-state index in [0.717, 1.165) is 18.9 Å². The number of rotatable bonds is 4. The molecule has 1 aliphatic carbocycles. The summed E-state index contributed by atoms with van der Waals surface area (Å²) >= 11 is 0. The van der Waals surface area contributed by atoms with Crippen LogP contribution in [0, 0.1) is 23.1 Å². The molecular formula is C13H14FN3O. The smallest absolute Gasteiger partial charge is 0.241 e. The Morgan fingerprint density at radius 2 is 2.33 bits per heavy atom. The summed E-state index contributed by atoms with van der Waals surface area (Å²) in [5.41, 5.74) is 6.00. The zero-order chi connectivity index (χ0) is 13.1. The highest BCUT2D eigenvalue weighted by Crippen LogP contribution is 2.33. The molecule has 1 aliphatic rings. The van der Waals surface area contributed by atoms with Crippen LogP contribution < -0.4 is 11.1 Å². The van der Waals surface area contributed by atoms with Crippen molar-refractivity contribution in [3.8, 4) is 6.07 Å². The number of halogens is 1. The molecule has 1 fully saturated rings. The number of carbonyl (C=O) groups is 1. The topological polar surface area (TPSA) is 78.9 Å². The van der Waals surface area contributed by atoms with Gasteiger partial charge < -0.3 is 11.1 Å². The van der Waals surface area contributed by atoms with Gasteiger partial charge in [-0.05, 0) is 30.5 Å². The predicted octanol–water partition coefficient (Wildman–Crippen LogP) is 1.76. The lowest BCUT2D eigenvalue weighted by Crippen LogP contribution is -2.36. The largest absolute Gasteiger partial charge is 0.322 e. The molecule has 18 heavy (non-hydrogen) atoms. The summed E-state index contributed by atoms with van der Waals surface area (Å²) in [5, 5.41) is 11.1. The summed E-state index contributed by atoms with van der Waals surface area (Å²) in [4.78, 5) is 11.7.